The van der Waals surface area contributed by atoms with Gasteiger partial charge in [-0.3, -0.25) is 9.78 Å². The number of amides is 1. The lowest BCUT2D eigenvalue weighted by Gasteiger charge is -2.38. The summed E-state index contributed by atoms with van der Waals surface area (Å²) < 4.78 is 0. The molecular weight excluding hydrogens is 264 g/mol. The molecule has 3 heterocycles. The highest BCUT2D eigenvalue weighted by Gasteiger charge is 2.25. The molecule has 21 heavy (non-hydrogen) atoms. The molecule has 1 saturated heterocycles. The zero-order valence-corrected chi connectivity index (χ0v) is 12.0. The van der Waals surface area contributed by atoms with Crippen LogP contribution in [0.1, 0.15) is 22.5 Å². The van der Waals surface area contributed by atoms with Crippen molar-refractivity contribution in [3.05, 3.63) is 47.9 Å². The summed E-state index contributed by atoms with van der Waals surface area (Å²) in [5.41, 5.74) is 8.49. The second-order valence-corrected chi connectivity index (χ2v) is 5.44. The van der Waals surface area contributed by atoms with E-state index in [1.807, 2.05) is 18.2 Å². The van der Waals surface area contributed by atoms with Gasteiger partial charge in [0.1, 0.15) is 5.69 Å². The third-order valence-electron chi connectivity index (χ3n) is 4.06. The van der Waals surface area contributed by atoms with Crippen LogP contribution in [0.5, 0.6) is 0 Å². The Morgan fingerprint density at radius 1 is 1.43 bits per heavy atom. The Bertz CT molecular complexity index is 657. The van der Waals surface area contributed by atoms with Gasteiger partial charge in [-0.1, -0.05) is 6.07 Å². The number of carbonyl (C=O) groups excluding carboxylic acids is 1. The van der Waals surface area contributed by atoms with E-state index in [1.165, 1.54) is 6.42 Å². The fraction of sp³-hybridized carbons (Fsp3) is 0.312. The lowest BCUT2D eigenvalue weighted by molar-refractivity contribution is 0.0995. The topological polar surface area (TPSA) is 72.1 Å². The molecule has 5 nitrogen and oxygen atoms in total. The van der Waals surface area contributed by atoms with Gasteiger partial charge in [0.15, 0.2) is 0 Å². The van der Waals surface area contributed by atoms with Crippen molar-refractivity contribution in [3.8, 4) is 11.3 Å². The first kappa shape index (κ1) is 13.7. The minimum atomic E-state index is -0.507. The van der Waals surface area contributed by atoms with E-state index in [-0.39, 0.29) is 0 Å². The smallest absolute Gasteiger partial charge is 0.267 e. The van der Waals surface area contributed by atoms with Crippen LogP contribution in [0, 0.1) is 0 Å². The summed E-state index contributed by atoms with van der Waals surface area (Å²) in [7, 11) is 2.13. The first-order chi connectivity index (χ1) is 10.1. The highest BCUT2D eigenvalue weighted by molar-refractivity contribution is 5.91. The Morgan fingerprint density at radius 3 is 2.86 bits per heavy atom. The summed E-state index contributed by atoms with van der Waals surface area (Å²) in [6, 6.07) is 8.03. The molecule has 3 rings (SSSR count). The number of likely N-dealkylation sites (N-methyl/N-ethyl adjacent to an activating group) is 1. The van der Waals surface area contributed by atoms with Crippen LogP contribution in [-0.2, 0) is 6.42 Å². The van der Waals surface area contributed by atoms with Gasteiger partial charge in [0.25, 0.3) is 5.91 Å². The van der Waals surface area contributed by atoms with E-state index >= 15 is 0 Å². The van der Waals surface area contributed by atoms with Crippen molar-refractivity contribution >= 4 is 5.91 Å². The Hall–Kier alpha value is -2.27. The van der Waals surface area contributed by atoms with Crippen LogP contribution in [0.4, 0.5) is 0 Å². The molecule has 5 heteroatoms. The van der Waals surface area contributed by atoms with E-state index in [1.54, 1.807) is 18.5 Å². The predicted octanol–water partition coefficient (Wildman–Crippen LogP) is 1.49. The second-order valence-electron chi connectivity index (χ2n) is 5.44. The second kappa shape index (κ2) is 5.61. The minimum absolute atomic E-state index is 0.291. The number of likely N-dealkylation sites (tertiary alicyclic amines) is 1. The number of carbonyl (C=O) groups is 1. The van der Waals surface area contributed by atoms with Gasteiger partial charge in [-0.2, -0.15) is 0 Å². The quantitative estimate of drug-likeness (QED) is 0.922. The standard InChI is InChI=1S/C16H18N4O/c1-20-8-6-13(20)9-11-4-5-14(16(17)21)19-15(11)12-3-2-7-18-10-12/h2-5,7,10,13H,6,8-9H2,1H3,(H2,17,21)/t13-/m1/s1. The van der Waals surface area contributed by atoms with Gasteiger partial charge in [-0.05, 0) is 50.2 Å². The first-order valence-corrected chi connectivity index (χ1v) is 7.05. The number of rotatable bonds is 4. The van der Waals surface area contributed by atoms with Crippen LogP contribution in [0.3, 0.4) is 0 Å². The van der Waals surface area contributed by atoms with Crippen molar-refractivity contribution < 1.29 is 4.79 Å². The maximum atomic E-state index is 11.4. The average molecular weight is 282 g/mol. The fourth-order valence-corrected chi connectivity index (χ4v) is 2.62. The lowest BCUT2D eigenvalue weighted by Crippen LogP contribution is -2.45. The number of pyridine rings is 2. The predicted molar refractivity (Wildman–Crippen MR) is 80.7 cm³/mol. The van der Waals surface area contributed by atoms with Crippen LogP contribution >= 0.6 is 0 Å². The number of primary amides is 1. The van der Waals surface area contributed by atoms with Crippen LogP contribution in [0.15, 0.2) is 36.7 Å². The molecule has 0 saturated carbocycles. The Kier molecular flexibility index (Phi) is 3.66. The molecule has 2 aromatic rings. The molecular formula is C16H18N4O. The molecule has 1 aliphatic heterocycles. The number of nitrogens with zero attached hydrogens (tertiary/aromatic N) is 3. The van der Waals surface area contributed by atoms with E-state index in [0.29, 0.717) is 11.7 Å². The van der Waals surface area contributed by atoms with Crippen molar-refractivity contribution in [2.75, 3.05) is 13.6 Å². The number of aromatic nitrogens is 2. The third-order valence-corrected chi connectivity index (χ3v) is 4.06. The highest BCUT2D eigenvalue weighted by Crippen LogP contribution is 2.26. The summed E-state index contributed by atoms with van der Waals surface area (Å²) in [5, 5.41) is 0. The van der Waals surface area contributed by atoms with Crippen molar-refractivity contribution in [2.24, 2.45) is 5.73 Å². The Labute approximate surface area is 123 Å². The third kappa shape index (κ3) is 2.78. The zero-order valence-electron chi connectivity index (χ0n) is 12.0. The van der Waals surface area contributed by atoms with Gasteiger partial charge >= 0.3 is 0 Å². The minimum Gasteiger partial charge on any atom is -0.364 e. The SMILES string of the molecule is CN1CC[C@@H]1Cc1ccc(C(N)=O)nc1-c1cccnc1. The highest BCUT2D eigenvalue weighted by atomic mass is 16.1. The van der Waals surface area contributed by atoms with Crippen molar-refractivity contribution in [1.82, 2.24) is 14.9 Å². The molecule has 1 atom stereocenters. The molecule has 0 aliphatic carbocycles. The molecule has 0 bridgehead atoms. The largest absolute Gasteiger partial charge is 0.364 e. The Balaban J connectivity index is 2.00. The van der Waals surface area contributed by atoms with E-state index in [4.69, 9.17) is 5.73 Å². The van der Waals surface area contributed by atoms with E-state index in [9.17, 15) is 4.79 Å². The first-order valence-electron chi connectivity index (χ1n) is 7.05. The van der Waals surface area contributed by atoms with E-state index in [2.05, 4.69) is 21.9 Å². The molecule has 0 aromatic carbocycles. The van der Waals surface area contributed by atoms with Crippen LogP contribution in [0.25, 0.3) is 11.3 Å². The van der Waals surface area contributed by atoms with Gasteiger partial charge < -0.3 is 10.6 Å². The van der Waals surface area contributed by atoms with Crippen LogP contribution < -0.4 is 5.73 Å². The molecule has 0 unspecified atom stereocenters. The molecule has 108 valence electrons. The molecule has 2 N–H and O–H groups in total. The molecule has 1 amide bonds. The van der Waals surface area contributed by atoms with Gasteiger partial charge in [0.2, 0.25) is 0 Å². The van der Waals surface area contributed by atoms with E-state index in [0.717, 1.165) is 29.8 Å². The van der Waals surface area contributed by atoms with Crippen molar-refractivity contribution in [1.29, 1.82) is 0 Å². The van der Waals surface area contributed by atoms with Crippen LogP contribution in [-0.4, -0.2) is 40.4 Å². The molecule has 1 aliphatic rings. The van der Waals surface area contributed by atoms with E-state index < -0.39 is 5.91 Å². The van der Waals surface area contributed by atoms with Crippen molar-refractivity contribution in [3.63, 3.8) is 0 Å². The van der Waals surface area contributed by atoms with Gasteiger partial charge in [-0.15, -0.1) is 0 Å². The molecule has 0 spiro atoms. The fourth-order valence-electron chi connectivity index (χ4n) is 2.62. The van der Waals surface area contributed by atoms with Crippen LogP contribution in [0.2, 0.25) is 0 Å². The number of hydrogen-bond donors (Lipinski definition) is 1. The lowest BCUT2D eigenvalue weighted by atomic mass is 9.93. The van der Waals surface area contributed by atoms with Gasteiger partial charge in [0, 0.05) is 24.0 Å². The Morgan fingerprint density at radius 2 is 2.29 bits per heavy atom. The molecule has 1 fully saturated rings. The summed E-state index contributed by atoms with van der Waals surface area (Å²) in [5.74, 6) is -0.507. The maximum Gasteiger partial charge on any atom is 0.267 e. The number of nitrogens with two attached hydrogens (primary N) is 1. The number of hydrogen-bond acceptors (Lipinski definition) is 4. The van der Waals surface area contributed by atoms with Crippen molar-refractivity contribution in [2.45, 2.75) is 18.9 Å². The monoisotopic (exact) mass is 282 g/mol. The molecule has 0 radical (unpaired) electrons. The maximum absolute atomic E-state index is 11.4. The summed E-state index contributed by atoms with van der Waals surface area (Å²) in [6.45, 7) is 1.14. The normalized spacial score (nSPS) is 18.2. The summed E-state index contributed by atoms with van der Waals surface area (Å²) in [6.07, 6.45) is 5.61. The summed E-state index contributed by atoms with van der Waals surface area (Å²) in [4.78, 5) is 22.3. The average Bonchev–Trinajstić information content (AvgIpc) is 2.51. The summed E-state index contributed by atoms with van der Waals surface area (Å²) >= 11 is 0. The molecule has 2 aromatic heterocycles. The van der Waals surface area contributed by atoms with Gasteiger partial charge in [0.05, 0.1) is 5.69 Å². The van der Waals surface area contributed by atoms with Gasteiger partial charge in [-0.25, -0.2) is 4.98 Å². The zero-order chi connectivity index (χ0) is 14.8.